The van der Waals surface area contributed by atoms with Gasteiger partial charge in [-0.1, -0.05) is 18.6 Å². The molecular formula is C61H96O27. The van der Waals surface area contributed by atoms with Crippen molar-refractivity contribution in [2.24, 2.45) is 23.2 Å². The molecule has 9 fully saturated rings. The number of aliphatic hydroxyl groups is 7. The maximum atomic E-state index is 13.9. The number of rotatable bonds is 18. The monoisotopic (exact) mass is 1260 g/mol. The second kappa shape index (κ2) is 28.0. The Morgan fingerprint density at radius 2 is 1.05 bits per heavy atom. The van der Waals surface area contributed by atoms with Crippen molar-refractivity contribution in [3.05, 3.63) is 23.5 Å². The van der Waals surface area contributed by atoms with Crippen molar-refractivity contribution in [1.82, 2.24) is 0 Å². The molecule has 0 amide bonds. The normalized spacial score (nSPS) is 51.5. The zero-order valence-corrected chi connectivity index (χ0v) is 52.0. The average Bonchev–Trinajstić information content (AvgIpc) is 1.42. The van der Waals surface area contributed by atoms with Gasteiger partial charge >= 0.3 is 5.97 Å². The summed E-state index contributed by atoms with van der Waals surface area (Å²) in [4.78, 5) is 13.9. The van der Waals surface area contributed by atoms with Gasteiger partial charge in [-0.05, 0) is 83.1 Å². The number of methoxy groups -OCH3 is 4. The van der Waals surface area contributed by atoms with Gasteiger partial charge in [-0.25, -0.2) is 0 Å². The lowest BCUT2D eigenvalue weighted by Crippen LogP contribution is -2.65. The number of carbonyl (C=O) groups is 1. The van der Waals surface area contributed by atoms with Crippen LogP contribution < -0.4 is 0 Å². The van der Waals surface area contributed by atoms with Crippen molar-refractivity contribution in [3.8, 4) is 0 Å². The molecule has 0 aromatic heterocycles. The van der Waals surface area contributed by atoms with Crippen LogP contribution in [0.2, 0.25) is 0 Å². The van der Waals surface area contributed by atoms with Crippen molar-refractivity contribution in [2.45, 2.75) is 284 Å². The number of hydrogen-bond donors (Lipinski definition) is 7. The van der Waals surface area contributed by atoms with Gasteiger partial charge in [0.2, 0.25) is 5.79 Å². The quantitative estimate of drug-likeness (QED) is 0.0740. The Morgan fingerprint density at radius 1 is 0.568 bits per heavy atom. The third-order valence-corrected chi connectivity index (χ3v) is 20.9. The molecule has 0 radical (unpaired) electrons. The predicted molar refractivity (Wildman–Crippen MR) is 298 cm³/mol. The molecule has 0 aromatic carbocycles. The maximum Gasteiger partial charge on any atom is 0.309 e. The molecule has 7 N–H and O–H groups in total. The van der Waals surface area contributed by atoms with Gasteiger partial charge in [-0.3, -0.25) is 4.79 Å². The topological polar surface area (TPSA) is 334 Å². The molecule has 9 heterocycles. The fraction of sp³-hybridized carbons (Fsp3) is 0.918. The zero-order valence-electron chi connectivity index (χ0n) is 52.0. The lowest BCUT2D eigenvalue weighted by atomic mass is 9.55. The Hall–Kier alpha value is -2.21. The lowest BCUT2D eigenvalue weighted by molar-refractivity contribution is -0.376. The highest BCUT2D eigenvalue weighted by Gasteiger charge is 2.59. The van der Waals surface area contributed by atoms with E-state index in [0.717, 1.165) is 32.1 Å². The van der Waals surface area contributed by atoms with Crippen LogP contribution in [0, 0.1) is 23.2 Å². The first-order valence-electron chi connectivity index (χ1n) is 31.6. The molecule has 0 bridgehead atoms. The third kappa shape index (κ3) is 13.3. The Morgan fingerprint density at radius 3 is 1.56 bits per heavy atom. The van der Waals surface area contributed by atoms with Crippen LogP contribution in [-0.4, -0.2) is 268 Å². The fourth-order valence-corrected chi connectivity index (χ4v) is 15.9. The van der Waals surface area contributed by atoms with Crippen molar-refractivity contribution >= 4 is 5.97 Å². The lowest BCUT2D eigenvalue weighted by Gasteiger charge is -2.51. The highest BCUT2D eigenvalue weighted by Crippen LogP contribution is 2.57. The van der Waals surface area contributed by atoms with Crippen LogP contribution in [0.3, 0.4) is 0 Å². The summed E-state index contributed by atoms with van der Waals surface area (Å²) in [6.07, 6.45) is -15.9. The van der Waals surface area contributed by atoms with E-state index in [9.17, 15) is 40.5 Å². The third-order valence-electron chi connectivity index (χ3n) is 20.9. The molecule has 33 atom stereocenters. The molecular weight excluding hydrogens is 1160 g/mol. The van der Waals surface area contributed by atoms with E-state index < -0.39 is 173 Å². The summed E-state index contributed by atoms with van der Waals surface area (Å²) in [6.45, 7) is 10.6. The largest absolute Gasteiger partial charge is 0.469 e. The van der Waals surface area contributed by atoms with Crippen molar-refractivity contribution < 1.29 is 131 Å². The van der Waals surface area contributed by atoms with Crippen LogP contribution >= 0.6 is 0 Å². The molecule has 0 spiro atoms. The molecule has 0 aromatic rings. The minimum atomic E-state index is -1.81. The van der Waals surface area contributed by atoms with Crippen LogP contribution in [-0.2, 0) is 94.8 Å². The number of esters is 1. The number of carbonyl (C=O) groups excluding carboxylic acids is 1. The van der Waals surface area contributed by atoms with Crippen molar-refractivity contribution in [1.29, 1.82) is 0 Å². The van der Waals surface area contributed by atoms with Gasteiger partial charge in [0.15, 0.2) is 37.7 Å². The van der Waals surface area contributed by atoms with Crippen LogP contribution in [0.1, 0.15) is 106 Å². The molecule has 11 rings (SSSR count). The molecule has 27 heteroatoms. The Kier molecular flexibility index (Phi) is 21.4. The minimum Gasteiger partial charge on any atom is -0.469 e. The number of hydrogen-bond acceptors (Lipinski definition) is 27. The number of ether oxygens (including phenoxy) is 19. The molecule has 9 aliphatic heterocycles. The molecule has 27 nitrogen and oxygen atoms in total. The summed E-state index contributed by atoms with van der Waals surface area (Å²) in [7, 11) is 6.36. The smallest absolute Gasteiger partial charge is 0.309 e. The summed E-state index contributed by atoms with van der Waals surface area (Å²) >= 11 is 0. The minimum absolute atomic E-state index is 0.0690. The number of fused-ring (bicyclic) bond motifs is 3. The van der Waals surface area contributed by atoms with Gasteiger partial charge in [-0.15, -0.1) is 0 Å². The molecule has 1 saturated carbocycles. The van der Waals surface area contributed by atoms with Crippen LogP contribution in [0.5, 0.6) is 0 Å². The van der Waals surface area contributed by atoms with Gasteiger partial charge < -0.3 is 126 Å². The molecule has 8 saturated heterocycles. The fourth-order valence-electron chi connectivity index (χ4n) is 15.9. The van der Waals surface area contributed by atoms with Crippen molar-refractivity contribution in [2.75, 3.05) is 48.3 Å². The van der Waals surface area contributed by atoms with Crippen LogP contribution in [0.4, 0.5) is 0 Å². The van der Waals surface area contributed by atoms with Crippen LogP contribution in [0.15, 0.2) is 23.5 Å². The summed E-state index contributed by atoms with van der Waals surface area (Å²) in [6, 6.07) is 0. The van der Waals surface area contributed by atoms with E-state index in [1.54, 1.807) is 28.3 Å². The van der Waals surface area contributed by atoms with E-state index in [-0.39, 0.29) is 60.3 Å². The average molecular weight is 1260 g/mol. The SMILES string of the molecule is CO[C@@H]1C[C@H](O[C@H]2CC[C@@]3(C)C(=CC[C@H]4C(=O)O[C@@H]5CO[C@]6(C)OC=C(CC[C@@H]43)[C@H]56)C2)O[C@H](C)[C@H]1O[C@H]1C[C@@H](OC)[C@H](O[C@H]2C[C@@H](OC)[C@H](O[C@H]3C[C@@H](OC)[C@H](O[C@@H]4O[C@H](CO)[C@@H](O[C@@H]5O[C@H](CO)[C@@H](O)[C@H](O)[C@H]5O)[C@H](O)[C@H]4O)[C@@H](C)O3)[C@@H](C)O2)[C@@H](C)O1. The summed E-state index contributed by atoms with van der Waals surface area (Å²) in [5.74, 6) is -1.08. The van der Waals surface area contributed by atoms with Crippen LogP contribution in [0.25, 0.3) is 0 Å². The molecule has 11 aliphatic rings. The van der Waals surface area contributed by atoms with E-state index in [1.165, 1.54) is 18.3 Å². The van der Waals surface area contributed by atoms with E-state index in [1.807, 2.05) is 34.0 Å². The summed E-state index contributed by atoms with van der Waals surface area (Å²) < 4.78 is 118. The van der Waals surface area contributed by atoms with E-state index in [4.69, 9.17) is 90.0 Å². The highest BCUT2D eigenvalue weighted by molar-refractivity contribution is 5.74. The van der Waals surface area contributed by atoms with Gasteiger partial charge in [0.05, 0.1) is 92.9 Å². The van der Waals surface area contributed by atoms with Gasteiger partial charge in [-0.2, -0.15) is 0 Å². The highest BCUT2D eigenvalue weighted by atomic mass is 16.8. The van der Waals surface area contributed by atoms with Crippen molar-refractivity contribution in [3.63, 3.8) is 0 Å². The Bertz CT molecular complexity index is 2380. The number of allylic oxidation sites excluding steroid dienone is 1. The standard InChI is InChI=1S/C61H96O27/c1-26-52(35(70-7)18-42(76-26)80-32-15-16-60(5)31(17-32)12-13-33-34(60)14-11-30-24-74-61(6)46(30)41(25-75-61)81-57(33)69)84-43-19-36(71-8)53(27(2)77-43)85-44-20-37(72-9)54(28(3)78-44)86-45-21-38(73-10)55(29(4)79-45)87-59-51(68)49(66)56(40(23-63)83-59)88-58-50(67)48(65)47(64)39(22-62)82-58/h12,24,26-29,32-56,58-59,62-68H,11,13-23,25H2,1-10H3/t26-,27-,28-,29-,32+,33-,34+,35-,36-,37-,38-,39-,40-,41-,42+,43+,44+,45+,46-,47-,48+,49-,50-,51-,52-,53-,54-,55-,56-,58+,59+,60+,61+/m1/s1. The second-order valence-corrected chi connectivity index (χ2v) is 26.3. The van der Waals surface area contributed by atoms with E-state index in [2.05, 4.69) is 13.0 Å². The molecule has 0 unspecified atom stereocenters. The first-order chi connectivity index (χ1) is 42.1. The number of aliphatic hydroxyl groups excluding tert-OH is 7. The predicted octanol–water partition coefficient (Wildman–Crippen LogP) is 0.871. The summed E-state index contributed by atoms with van der Waals surface area (Å²) in [5.41, 5.74) is 2.34. The first kappa shape index (κ1) is 67.2. The maximum absolute atomic E-state index is 13.9. The molecule has 2 aliphatic carbocycles. The van der Waals surface area contributed by atoms with Gasteiger partial charge in [0.1, 0.15) is 79.4 Å². The molecule has 502 valence electrons. The Balaban J connectivity index is 0.638. The van der Waals surface area contributed by atoms with E-state index >= 15 is 0 Å². The Labute approximate surface area is 513 Å². The summed E-state index contributed by atoms with van der Waals surface area (Å²) in [5, 5.41) is 73.4. The molecule has 88 heavy (non-hydrogen) atoms. The van der Waals surface area contributed by atoms with Gasteiger partial charge in [0.25, 0.3) is 0 Å². The van der Waals surface area contributed by atoms with Gasteiger partial charge in [0, 0.05) is 61.0 Å². The second-order valence-electron chi connectivity index (χ2n) is 26.3. The zero-order chi connectivity index (χ0) is 62.7. The first-order valence-corrected chi connectivity index (χ1v) is 31.6. The van der Waals surface area contributed by atoms with E-state index in [0.29, 0.717) is 25.9 Å².